The number of carbonyl (C=O) groups excluding carboxylic acids is 1. The largest absolute Gasteiger partial charge is 0.497 e. The Kier molecular flexibility index (Phi) is 5.73. The molecule has 1 saturated carbocycles. The zero-order chi connectivity index (χ0) is 20.3. The van der Waals surface area contributed by atoms with Crippen LogP contribution < -0.4 is 19.5 Å². The summed E-state index contributed by atoms with van der Waals surface area (Å²) in [5, 5.41) is 12.2. The van der Waals surface area contributed by atoms with Gasteiger partial charge in [0.05, 0.1) is 21.3 Å². The summed E-state index contributed by atoms with van der Waals surface area (Å²) in [6, 6.07) is 10.9. The highest BCUT2D eigenvalue weighted by molar-refractivity contribution is 5.88. The first-order valence-corrected chi connectivity index (χ1v) is 8.87. The highest BCUT2D eigenvalue weighted by atomic mass is 16.5. The van der Waals surface area contributed by atoms with E-state index < -0.39 is 12.0 Å². The van der Waals surface area contributed by atoms with Gasteiger partial charge in [0, 0.05) is 17.4 Å². The van der Waals surface area contributed by atoms with Crippen molar-refractivity contribution in [2.45, 2.75) is 18.4 Å². The number of carbonyl (C=O) groups is 2. The van der Waals surface area contributed by atoms with Gasteiger partial charge in [-0.25, -0.2) is 4.79 Å². The number of carboxylic acids is 1. The first-order chi connectivity index (χ1) is 13.5. The van der Waals surface area contributed by atoms with Crippen LogP contribution in [0.5, 0.6) is 17.2 Å². The highest BCUT2D eigenvalue weighted by Crippen LogP contribution is 2.51. The first kappa shape index (κ1) is 19.5. The van der Waals surface area contributed by atoms with Crippen molar-refractivity contribution >= 4 is 11.9 Å². The first-order valence-electron chi connectivity index (χ1n) is 8.87. The minimum atomic E-state index is -1.12. The summed E-state index contributed by atoms with van der Waals surface area (Å²) in [7, 11) is 4.69. The molecule has 0 aromatic heterocycles. The number of amides is 1. The molecular weight excluding hydrogens is 362 g/mol. The molecule has 2 aromatic carbocycles. The van der Waals surface area contributed by atoms with E-state index >= 15 is 0 Å². The SMILES string of the molecule is COc1ccc(C(NC(=O)C2CC2c2cc(OC)ccc2OC)C(=O)O)cc1. The zero-order valence-electron chi connectivity index (χ0n) is 16.0. The molecule has 1 fully saturated rings. The number of rotatable bonds is 8. The minimum Gasteiger partial charge on any atom is -0.497 e. The van der Waals surface area contributed by atoms with Gasteiger partial charge in [-0.1, -0.05) is 12.1 Å². The van der Waals surface area contributed by atoms with Crippen LogP contribution in [-0.2, 0) is 9.59 Å². The third kappa shape index (κ3) is 4.03. The molecule has 3 unspecified atom stereocenters. The molecule has 3 rings (SSSR count). The molecule has 0 heterocycles. The average Bonchev–Trinajstić information content (AvgIpc) is 3.52. The second kappa shape index (κ2) is 8.21. The molecule has 7 heteroatoms. The van der Waals surface area contributed by atoms with E-state index in [0.29, 0.717) is 29.2 Å². The number of carboxylic acid groups (broad SMARTS) is 1. The van der Waals surface area contributed by atoms with E-state index in [-0.39, 0.29) is 17.7 Å². The van der Waals surface area contributed by atoms with Crippen LogP contribution in [0.1, 0.15) is 29.5 Å². The van der Waals surface area contributed by atoms with Gasteiger partial charge in [0.15, 0.2) is 6.04 Å². The summed E-state index contributed by atoms with van der Waals surface area (Å²) in [5.41, 5.74) is 1.37. The molecule has 0 bridgehead atoms. The van der Waals surface area contributed by atoms with Gasteiger partial charge >= 0.3 is 5.97 Å². The molecule has 3 atom stereocenters. The van der Waals surface area contributed by atoms with Crippen molar-refractivity contribution < 1.29 is 28.9 Å². The molecule has 7 nitrogen and oxygen atoms in total. The maximum Gasteiger partial charge on any atom is 0.330 e. The summed E-state index contributed by atoms with van der Waals surface area (Å²) in [6.45, 7) is 0. The Bertz CT molecular complexity index is 864. The average molecular weight is 385 g/mol. The summed E-state index contributed by atoms with van der Waals surface area (Å²) in [5.74, 6) is 0.241. The van der Waals surface area contributed by atoms with Crippen molar-refractivity contribution in [2.75, 3.05) is 21.3 Å². The molecule has 0 spiro atoms. The fraction of sp³-hybridized carbons (Fsp3) is 0.333. The third-order valence-corrected chi connectivity index (χ3v) is 4.95. The molecule has 1 aliphatic carbocycles. The van der Waals surface area contributed by atoms with Crippen LogP contribution in [0.25, 0.3) is 0 Å². The summed E-state index contributed by atoms with van der Waals surface area (Å²) >= 11 is 0. The Labute approximate surface area is 163 Å². The number of nitrogens with one attached hydrogen (secondary N) is 1. The van der Waals surface area contributed by atoms with E-state index in [1.165, 1.54) is 7.11 Å². The molecule has 0 aliphatic heterocycles. The number of methoxy groups -OCH3 is 3. The van der Waals surface area contributed by atoms with Crippen LogP contribution in [0.2, 0.25) is 0 Å². The third-order valence-electron chi connectivity index (χ3n) is 4.95. The second-order valence-electron chi connectivity index (χ2n) is 6.61. The lowest BCUT2D eigenvalue weighted by Gasteiger charge is -2.16. The molecule has 2 N–H and O–H groups in total. The van der Waals surface area contributed by atoms with E-state index in [0.717, 1.165) is 5.56 Å². The van der Waals surface area contributed by atoms with Crippen molar-refractivity contribution in [3.8, 4) is 17.2 Å². The standard InChI is InChI=1S/C21H23NO6/c1-26-13-6-4-12(5-7-13)19(21(24)25)22-20(23)17-11-15(17)16-10-14(27-2)8-9-18(16)28-3/h4-10,15,17,19H,11H2,1-3H3,(H,22,23)(H,24,25). The van der Waals surface area contributed by atoms with Gasteiger partial charge in [0.1, 0.15) is 17.2 Å². The van der Waals surface area contributed by atoms with Gasteiger partial charge in [-0.3, -0.25) is 4.79 Å². The summed E-state index contributed by atoms with van der Waals surface area (Å²) in [6.07, 6.45) is 0.629. The lowest BCUT2D eigenvalue weighted by Crippen LogP contribution is -2.35. The zero-order valence-corrected chi connectivity index (χ0v) is 16.0. The van der Waals surface area contributed by atoms with E-state index in [2.05, 4.69) is 5.32 Å². The molecule has 28 heavy (non-hydrogen) atoms. The molecule has 148 valence electrons. The number of aliphatic carboxylic acids is 1. The molecule has 0 radical (unpaired) electrons. The van der Waals surface area contributed by atoms with Crippen LogP contribution in [0, 0.1) is 5.92 Å². The highest BCUT2D eigenvalue weighted by Gasteiger charge is 2.46. The van der Waals surface area contributed by atoms with Gasteiger partial charge < -0.3 is 24.6 Å². The fourth-order valence-electron chi connectivity index (χ4n) is 3.29. The minimum absolute atomic E-state index is 0.0321. The van der Waals surface area contributed by atoms with Crippen molar-refractivity contribution in [2.24, 2.45) is 5.92 Å². The number of ether oxygens (including phenoxy) is 3. The van der Waals surface area contributed by atoms with Crippen LogP contribution in [0.15, 0.2) is 42.5 Å². The van der Waals surface area contributed by atoms with Crippen molar-refractivity contribution in [1.29, 1.82) is 0 Å². The molecule has 1 aliphatic rings. The van der Waals surface area contributed by atoms with Crippen molar-refractivity contribution in [1.82, 2.24) is 5.32 Å². The van der Waals surface area contributed by atoms with E-state index in [4.69, 9.17) is 14.2 Å². The Morgan fingerprint density at radius 3 is 2.21 bits per heavy atom. The Morgan fingerprint density at radius 1 is 1.00 bits per heavy atom. The molecule has 2 aromatic rings. The predicted octanol–water partition coefficient (Wildman–Crippen LogP) is 2.76. The quantitative estimate of drug-likeness (QED) is 0.726. The molecule has 0 saturated heterocycles. The Balaban J connectivity index is 1.73. The topological polar surface area (TPSA) is 94.1 Å². The normalized spacial score (nSPS) is 18.7. The van der Waals surface area contributed by atoms with Crippen LogP contribution in [0.4, 0.5) is 0 Å². The van der Waals surface area contributed by atoms with Crippen LogP contribution in [0.3, 0.4) is 0 Å². The van der Waals surface area contributed by atoms with Crippen LogP contribution in [-0.4, -0.2) is 38.3 Å². The van der Waals surface area contributed by atoms with Gasteiger partial charge in [0.2, 0.25) is 5.91 Å². The summed E-state index contributed by atoms with van der Waals surface area (Å²) in [4.78, 5) is 24.4. The van der Waals surface area contributed by atoms with Gasteiger partial charge in [-0.15, -0.1) is 0 Å². The second-order valence-corrected chi connectivity index (χ2v) is 6.61. The fourth-order valence-corrected chi connectivity index (χ4v) is 3.29. The van der Waals surface area contributed by atoms with E-state index in [9.17, 15) is 14.7 Å². The van der Waals surface area contributed by atoms with E-state index in [1.54, 1.807) is 50.6 Å². The number of benzene rings is 2. The van der Waals surface area contributed by atoms with Gasteiger partial charge in [0.25, 0.3) is 0 Å². The van der Waals surface area contributed by atoms with Gasteiger partial charge in [-0.05, 0) is 42.3 Å². The number of hydrogen-bond acceptors (Lipinski definition) is 5. The van der Waals surface area contributed by atoms with Crippen molar-refractivity contribution in [3.05, 3.63) is 53.6 Å². The Hall–Kier alpha value is -3.22. The monoisotopic (exact) mass is 385 g/mol. The van der Waals surface area contributed by atoms with E-state index in [1.807, 2.05) is 6.07 Å². The van der Waals surface area contributed by atoms with Crippen LogP contribution >= 0.6 is 0 Å². The number of hydrogen-bond donors (Lipinski definition) is 2. The summed E-state index contributed by atoms with van der Waals surface area (Å²) < 4.78 is 15.7. The smallest absolute Gasteiger partial charge is 0.330 e. The lowest BCUT2D eigenvalue weighted by molar-refractivity contribution is -0.142. The maximum absolute atomic E-state index is 12.7. The predicted molar refractivity (Wildman–Crippen MR) is 102 cm³/mol. The van der Waals surface area contributed by atoms with Gasteiger partial charge in [-0.2, -0.15) is 0 Å². The lowest BCUT2D eigenvalue weighted by atomic mass is 10.0. The Morgan fingerprint density at radius 2 is 1.64 bits per heavy atom. The molecular formula is C21H23NO6. The maximum atomic E-state index is 12.7. The van der Waals surface area contributed by atoms with Crippen molar-refractivity contribution in [3.63, 3.8) is 0 Å². The molecule has 1 amide bonds.